The molecule has 2 aromatic rings. The molecule has 6 nitrogen and oxygen atoms in total. The minimum absolute atomic E-state index is 0.0938. The Balaban J connectivity index is 1.88. The van der Waals surface area contributed by atoms with Gasteiger partial charge in [0.05, 0.1) is 19.0 Å². The van der Waals surface area contributed by atoms with E-state index >= 15 is 0 Å². The van der Waals surface area contributed by atoms with Crippen LogP contribution in [0.3, 0.4) is 0 Å². The molecular weight excluding hydrogens is 294 g/mol. The van der Waals surface area contributed by atoms with Gasteiger partial charge in [0.15, 0.2) is 0 Å². The molecule has 2 rings (SSSR count). The summed E-state index contributed by atoms with van der Waals surface area (Å²) in [6.07, 6.45) is 2.52. The summed E-state index contributed by atoms with van der Waals surface area (Å²) < 4.78 is 0. The number of hydroxylamine groups is 2. The fourth-order valence-corrected chi connectivity index (χ4v) is 1.96. The number of hydrogen-bond acceptors (Lipinski definition) is 4. The Morgan fingerprint density at radius 3 is 2.52 bits per heavy atom. The maximum absolute atomic E-state index is 11.9. The lowest BCUT2D eigenvalue weighted by Crippen LogP contribution is -2.26. The van der Waals surface area contributed by atoms with Crippen molar-refractivity contribution in [3.63, 3.8) is 0 Å². The van der Waals surface area contributed by atoms with E-state index in [1.54, 1.807) is 12.1 Å². The normalized spacial score (nSPS) is 10.2. The average Bonchev–Trinajstić information content (AvgIpc) is 2.60. The van der Waals surface area contributed by atoms with Gasteiger partial charge in [0.25, 0.3) is 5.91 Å². The van der Waals surface area contributed by atoms with Gasteiger partial charge in [0.1, 0.15) is 5.69 Å². The summed E-state index contributed by atoms with van der Waals surface area (Å²) in [5.41, 5.74) is 1.92. The number of rotatable bonds is 6. The third kappa shape index (κ3) is 4.89. The maximum Gasteiger partial charge on any atom is 0.295 e. The fraction of sp³-hybridized carbons (Fsp3) is 0.235. The number of nitrogens with one attached hydrogen (secondary N) is 1. The monoisotopic (exact) mass is 313 g/mol. The molecule has 0 radical (unpaired) electrons. The van der Waals surface area contributed by atoms with Crippen LogP contribution in [0.5, 0.6) is 0 Å². The van der Waals surface area contributed by atoms with Crippen LogP contribution in [0.1, 0.15) is 22.5 Å². The van der Waals surface area contributed by atoms with Crippen LogP contribution in [-0.4, -0.2) is 36.0 Å². The van der Waals surface area contributed by atoms with Crippen LogP contribution in [0.15, 0.2) is 48.7 Å². The zero-order chi connectivity index (χ0) is 16.7. The number of hydrogen-bond donors (Lipinski definition) is 1. The summed E-state index contributed by atoms with van der Waals surface area (Å²) in [4.78, 5) is 32.6. The lowest BCUT2D eigenvalue weighted by Gasteiger charge is -2.13. The number of carbonyl (C=O) groups is 2. The van der Waals surface area contributed by atoms with Gasteiger partial charge in [0, 0.05) is 13.5 Å². The van der Waals surface area contributed by atoms with E-state index in [0.29, 0.717) is 18.5 Å². The number of pyridine rings is 1. The Bertz CT molecular complexity index is 657. The van der Waals surface area contributed by atoms with E-state index < -0.39 is 0 Å². The van der Waals surface area contributed by atoms with E-state index in [0.717, 1.165) is 10.6 Å². The van der Waals surface area contributed by atoms with Crippen LogP contribution >= 0.6 is 0 Å². The molecule has 0 fully saturated rings. The van der Waals surface area contributed by atoms with Gasteiger partial charge < -0.3 is 5.32 Å². The van der Waals surface area contributed by atoms with Gasteiger partial charge in [-0.2, -0.15) is 0 Å². The molecule has 120 valence electrons. The molecule has 0 saturated heterocycles. The molecule has 0 aliphatic heterocycles. The Kier molecular flexibility index (Phi) is 5.82. The average molecular weight is 313 g/mol. The van der Waals surface area contributed by atoms with Gasteiger partial charge in [0.2, 0.25) is 5.91 Å². The topological polar surface area (TPSA) is 71.5 Å². The molecule has 0 spiro atoms. The number of anilines is 1. The van der Waals surface area contributed by atoms with Crippen molar-refractivity contribution in [1.82, 2.24) is 10.0 Å². The smallest absolute Gasteiger partial charge is 0.295 e. The number of amides is 2. The largest absolute Gasteiger partial charge is 0.325 e. The molecule has 6 heteroatoms. The molecule has 1 aromatic carbocycles. The SMILES string of the molecule is CON(C)C(=O)c1ccc(NC(=O)CCc2ccccc2)cn1. The number of nitrogens with zero attached hydrogens (tertiary/aromatic N) is 2. The van der Waals surface area contributed by atoms with E-state index in [1.807, 2.05) is 30.3 Å². The summed E-state index contributed by atoms with van der Waals surface area (Å²) in [7, 11) is 2.91. The fourth-order valence-electron chi connectivity index (χ4n) is 1.96. The third-order valence-electron chi connectivity index (χ3n) is 3.31. The van der Waals surface area contributed by atoms with Crippen LogP contribution in [0, 0.1) is 0 Å². The molecule has 23 heavy (non-hydrogen) atoms. The van der Waals surface area contributed by atoms with Gasteiger partial charge in [-0.05, 0) is 24.1 Å². The number of aromatic nitrogens is 1. The summed E-state index contributed by atoms with van der Waals surface area (Å²) in [6.45, 7) is 0. The predicted molar refractivity (Wildman–Crippen MR) is 86.7 cm³/mol. The Labute approximate surface area is 135 Å². The first-order valence-electron chi connectivity index (χ1n) is 7.22. The van der Waals surface area contributed by atoms with Crippen molar-refractivity contribution in [3.05, 3.63) is 59.9 Å². The van der Waals surface area contributed by atoms with Crippen molar-refractivity contribution in [2.24, 2.45) is 0 Å². The van der Waals surface area contributed by atoms with Gasteiger partial charge in [-0.15, -0.1) is 0 Å². The first kappa shape index (κ1) is 16.6. The highest BCUT2D eigenvalue weighted by Crippen LogP contribution is 2.09. The zero-order valence-electron chi connectivity index (χ0n) is 13.2. The summed E-state index contributed by atoms with van der Waals surface area (Å²) >= 11 is 0. The van der Waals surface area contributed by atoms with Crippen molar-refractivity contribution in [1.29, 1.82) is 0 Å². The molecule has 0 atom stereocenters. The minimum Gasteiger partial charge on any atom is -0.325 e. The first-order chi connectivity index (χ1) is 11.1. The summed E-state index contributed by atoms with van der Waals surface area (Å²) in [5, 5.41) is 3.85. The van der Waals surface area contributed by atoms with Gasteiger partial charge in [-0.1, -0.05) is 30.3 Å². The number of benzene rings is 1. The minimum atomic E-state index is -0.352. The second kappa shape index (κ2) is 8.05. The molecule has 2 amide bonds. The zero-order valence-corrected chi connectivity index (χ0v) is 13.2. The van der Waals surface area contributed by atoms with Crippen LogP contribution in [0.4, 0.5) is 5.69 Å². The maximum atomic E-state index is 11.9. The van der Waals surface area contributed by atoms with E-state index in [2.05, 4.69) is 10.3 Å². The molecule has 0 bridgehead atoms. The predicted octanol–water partition coefficient (Wildman–Crippen LogP) is 2.29. The lowest BCUT2D eigenvalue weighted by atomic mass is 10.1. The quantitative estimate of drug-likeness (QED) is 0.831. The second-order valence-electron chi connectivity index (χ2n) is 4.95. The Morgan fingerprint density at radius 2 is 1.91 bits per heavy atom. The van der Waals surface area contributed by atoms with Gasteiger partial charge in [-0.3, -0.25) is 14.4 Å². The molecule has 0 saturated carbocycles. The highest BCUT2D eigenvalue weighted by atomic mass is 16.7. The first-order valence-corrected chi connectivity index (χ1v) is 7.22. The molecule has 0 unspecified atom stereocenters. The van der Waals surface area contributed by atoms with Crippen LogP contribution in [-0.2, 0) is 16.1 Å². The van der Waals surface area contributed by atoms with E-state index in [1.165, 1.54) is 20.4 Å². The Morgan fingerprint density at radius 1 is 1.17 bits per heavy atom. The molecule has 1 N–H and O–H groups in total. The molecule has 0 aliphatic carbocycles. The van der Waals surface area contributed by atoms with Crippen molar-refractivity contribution in [2.75, 3.05) is 19.5 Å². The van der Waals surface area contributed by atoms with Crippen molar-refractivity contribution < 1.29 is 14.4 Å². The van der Waals surface area contributed by atoms with E-state index in [4.69, 9.17) is 4.84 Å². The van der Waals surface area contributed by atoms with Crippen LogP contribution in [0.25, 0.3) is 0 Å². The van der Waals surface area contributed by atoms with E-state index in [-0.39, 0.29) is 17.5 Å². The highest BCUT2D eigenvalue weighted by Gasteiger charge is 2.12. The standard InChI is InChI=1S/C17H19N3O3/c1-20(23-2)17(22)15-10-9-14(12-18-15)19-16(21)11-8-13-6-4-3-5-7-13/h3-7,9-10,12H,8,11H2,1-2H3,(H,19,21). The van der Waals surface area contributed by atoms with Gasteiger partial charge >= 0.3 is 0 Å². The van der Waals surface area contributed by atoms with Crippen molar-refractivity contribution >= 4 is 17.5 Å². The molecular formula is C17H19N3O3. The molecule has 1 aromatic heterocycles. The Hall–Kier alpha value is -2.73. The molecule has 0 aliphatic rings. The second-order valence-corrected chi connectivity index (χ2v) is 4.95. The highest BCUT2D eigenvalue weighted by molar-refractivity contribution is 5.93. The van der Waals surface area contributed by atoms with Crippen LogP contribution in [0.2, 0.25) is 0 Å². The number of carbonyl (C=O) groups excluding carboxylic acids is 2. The summed E-state index contributed by atoms with van der Waals surface area (Å²) in [5.74, 6) is -0.446. The van der Waals surface area contributed by atoms with Crippen molar-refractivity contribution in [2.45, 2.75) is 12.8 Å². The van der Waals surface area contributed by atoms with E-state index in [9.17, 15) is 9.59 Å². The van der Waals surface area contributed by atoms with Crippen LogP contribution < -0.4 is 5.32 Å². The third-order valence-corrected chi connectivity index (χ3v) is 3.31. The number of aryl methyl sites for hydroxylation is 1. The lowest BCUT2D eigenvalue weighted by molar-refractivity contribution is -0.116. The van der Waals surface area contributed by atoms with Gasteiger partial charge in [-0.25, -0.2) is 10.0 Å². The summed E-state index contributed by atoms with van der Waals surface area (Å²) in [6, 6.07) is 13.0. The molecule has 1 heterocycles. The van der Waals surface area contributed by atoms with Crippen molar-refractivity contribution in [3.8, 4) is 0 Å².